The lowest BCUT2D eigenvalue weighted by atomic mass is 9.82. The zero-order chi connectivity index (χ0) is 12.7. The first-order valence-corrected chi connectivity index (χ1v) is 5.69. The van der Waals surface area contributed by atoms with Crippen LogP contribution >= 0.6 is 0 Å². The Morgan fingerprint density at radius 3 is 2.94 bits per heavy atom. The minimum atomic E-state index is -0.808. The van der Waals surface area contributed by atoms with Gasteiger partial charge in [-0.25, -0.2) is 4.39 Å². The number of furan rings is 1. The minimum absolute atomic E-state index is 0.179. The first kappa shape index (κ1) is 11.1. The van der Waals surface area contributed by atoms with Gasteiger partial charge in [0.1, 0.15) is 11.9 Å². The van der Waals surface area contributed by atoms with E-state index < -0.39 is 11.8 Å². The summed E-state index contributed by atoms with van der Waals surface area (Å²) in [5, 5.41) is 9.40. The molecule has 5 heteroatoms. The van der Waals surface area contributed by atoms with E-state index in [4.69, 9.17) is 14.3 Å². The van der Waals surface area contributed by atoms with Crippen LogP contribution in [0.3, 0.4) is 0 Å². The lowest BCUT2D eigenvalue weighted by molar-refractivity contribution is -0.147. The molecule has 1 N–H and O–H groups in total. The van der Waals surface area contributed by atoms with Gasteiger partial charge in [0.2, 0.25) is 0 Å². The standard InChI is InChI=1S/C13H11FO4/c14-9-3-7-1-2-17-12(7)11(6-9)18-10-4-8(5-10)13(15)16/h1-3,6,8,10H,4-5H2,(H,15,16)/t8-,10-. The highest BCUT2D eigenvalue weighted by molar-refractivity contribution is 5.83. The molecular weight excluding hydrogens is 239 g/mol. The number of carboxylic acid groups (broad SMARTS) is 1. The Balaban J connectivity index is 1.79. The van der Waals surface area contributed by atoms with E-state index >= 15 is 0 Å². The van der Waals surface area contributed by atoms with Crippen LogP contribution < -0.4 is 4.74 Å². The van der Waals surface area contributed by atoms with Crippen molar-refractivity contribution in [2.75, 3.05) is 0 Å². The zero-order valence-corrected chi connectivity index (χ0v) is 9.43. The Hall–Kier alpha value is -2.04. The maximum Gasteiger partial charge on any atom is 0.306 e. The van der Waals surface area contributed by atoms with E-state index in [1.54, 1.807) is 6.07 Å². The van der Waals surface area contributed by atoms with Gasteiger partial charge in [0, 0.05) is 11.5 Å². The largest absolute Gasteiger partial charge is 0.486 e. The normalized spacial score (nSPS) is 22.7. The molecule has 0 spiro atoms. The second kappa shape index (κ2) is 4.01. The number of carbonyl (C=O) groups is 1. The molecule has 1 heterocycles. The second-order valence-corrected chi connectivity index (χ2v) is 4.49. The lowest BCUT2D eigenvalue weighted by Gasteiger charge is -2.32. The summed E-state index contributed by atoms with van der Waals surface area (Å²) in [5.41, 5.74) is 0.496. The van der Waals surface area contributed by atoms with Crippen molar-refractivity contribution in [1.82, 2.24) is 0 Å². The van der Waals surface area contributed by atoms with E-state index in [0.717, 1.165) is 0 Å². The number of aliphatic carboxylic acids is 1. The molecule has 0 saturated heterocycles. The predicted molar refractivity (Wildman–Crippen MR) is 60.9 cm³/mol. The highest BCUT2D eigenvalue weighted by Gasteiger charge is 2.36. The molecule has 1 aromatic carbocycles. The Kier molecular flexibility index (Phi) is 2.47. The highest BCUT2D eigenvalue weighted by atomic mass is 19.1. The fourth-order valence-corrected chi connectivity index (χ4v) is 2.14. The summed E-state index contributed by atoms with van der Waals surface area (Å²) in [4.78, 5) is 10.7. The third-order valence-electron chi connectivity index (χ3n) is 3.22. The van der Waals surface area contributed by atoms with Gasteiger partial charge in [0.25, 0.3) is 0 Å². The molecule has 1 saturated carbocycles. The van der Waals surface area contributed by atoms with Gasteiger partial charge in [-0.2, -0.15) is 0 Å². The Morgan fingerprint density at radius 1 is 1.44 bits per heavy atom. The highest BCUT2D eigenvalue weighted by Crippen LogP contribution is 2.35. The van der Waals surface area contributed by atoms with Gasteiger partial charge < -0.3 is 14.3 Å². The van der Waals surface area contributed by atoms with E-state index in [0.29, 0.717) is 29.6 Å². The van der Waals surface area contributed by atoms with E-state index in [9.17, 15) is 9.18 Å². The number of halogens is 1. The number of carboxylic acids is 1. The fraction of sp³-hybridized carbons (Fsp3) is 0.308. The Morgan fingerprint density at radius 2 is 2.22 bits per heavy atom. The molecule has 1 aliphatic rings. The van der Waals surface area contributed by atoms with Gasteiger partial charge in [-0.1, -0.05) is 0 Å². The molecule has 4 nitrogen and oxygen atoms in total. The third-order valence-corrected chi connectivity index (χ3v) is 3.22. The van der Waals surface area contributed by atoms with Crippen molar-refractivity contribution in [2.24, 2.45) is 5.92 Å². The number of benzene rings is 1. The predicted octanol–water partition coefficient (Wildman–Crippen LogP) is 2.81. The van der Waals surface area contributed by atoms with Crippen LogP contribution in [0.15, 0.2) is 28.9 Å². The molecule has 2 aromatic rings. The molecule has 1 aliphatic carbocycles. The van der Waals surface area contributed by atoms with Crippen molar-refractivity contribution >= 4 is 16.9 Å². The minimum Gasteiger partial charge on any atom is -0.486 e. The van der Waals surface area contributed by atoms with Gasteiger partial charge in [-0.3, -0.25) is 4.79 Å². The maximum absolute atomic E-state index is 13.3. The van der Waals surface area contributed by atoms with E-state index in [1.165, 1.54) is 18.4 Å². The van der Waals surface area contributed by atoms with Gasteiger partial charge in [-0.15, -0.1) is 0 Å². The molecule has 0 unspecified atom stereocenters. The summed E-state index contributed by atoms with van der Waals surface area (Å²) >= 11 is 0. The molecule has 1 aromatic heterocycles. The van der Waals surface area contributed by atoms with Crippen LogP contribution in [-0.4, -0.2) is 17.2 Å². The lowest BCUT2D eigenvalue weighted by Crippen LogP contribution is -2.38. The first-order valence-electron chi connectivity index (χ1n) is 5.69. The molecule has 94 valence electrons. The Bertz CT molecular complexity index is 598. The first-order chi connectivity index (χ1) is 8.63. The zero-order valence-electron chi connectivity index (χ0n) is 9.43. The van der Waals surface area contributed by atoms with Crippen LogP contribution in [0.2, 0.25) is 0 Å². The van der Waals surface area contributed by atoms with Crippen LogP contribution in [0.5, 0.6) is 5.75 Å². The second-order valence-electron chi connectivity index (χ2n) is 4.49. The van der Waals surface area contributed by atoms with E-state index in [1.807, 2.05) is 0 Å². The van der Waals surface area contributed by atoms with Gasteiger partial charge in [0.05, 0.1) is 12.2 Å². The van der Waals surface area contributed by atoms with Crippen molar-refractivity contribution < 1.29 is 23.4 Å². The molecule has 0 radical (unpaired) electrons. The number of hydrogen-bond donors (Lipinski definition) is 1. The van der Waals surface area contributed by atoms with Gasteiger partial charge in [0.15, 0.2) is 11.3 Å². The summed E-state index contributed by atoms with van der Waals surface area (Å²) in [6.45, 7) is 0. The van der Waals surface area contributed by atoms with Gasteiger partial charge in [-0.05, 0) is 25.0 Å². The van der Waals surface area contributed by atoms with Crippen LogP contribution in [-0.2, 0) is 4.79 Å². The average Bonchev–Trinajstić information content (AvgIpc) is 2.69. The van der Waals surface area contributed by atoms with Crippen LogP contribution in [0.25, 0.3) is 11.0 Å². The van der Waals surface area contributed by atoms with Crippen molar-refractivity contribution in [3.05, 3.63) is 30.3 Å². The molecule has 18 heavy (non-hydrogen) atoms. The summed E-state index contributed by atoms with van der Waals surface area (Å²) in [5.74, 6) is -1.22. The fourth-order valence-electron chi connectivity index (χ4n) is 2.14. The van der Waals surface area contributed by atoms with Crippen molar-refractivity contribution in [3.8, 4) is 5.75 Å². The van der Waals surface area contributed by atoms with Crippen molar-refractivity contribution in [1.29, 1.82) is 0 Å². The topological polar surface area (TPSA) is 59.7 Å². The van der Waals surface area contributed by atoms with Crippen LogP contribution in [0.4, 0.5) is 4.39 Å². The van der Waals surface area contributed by atoms with E-state index in [2.05, 4.69) is 0 Å². The molecule has 0 aliphatic heterocycles. The number of fused-ring (bicyclic) bond motifs is 1. The molecule has 3 rings (SSSR count). The number of rotatable bonds is 3. The molecule has 1 fully saturated rings. The molecular formula is C13H11FO4. The summed E-state index contributed by atoms with van der Waals surface area (Å²) in [6, 6.07) is 4.29. The smallest absolute Gasteiger partial charge is 0.306 e. The number of ether oxygens (including phenoxy) is 1. The van der Waals surface area contributed by atoms with Gasteiger partial charge >= 0.3 is 5.97 Å². The SMILES string of the molecule is O=C(O)[C@H]1C[C@H](Oc2cc(F)cc3ccoc23)C1. The van der Waals surface area contributed by atoms with Crippen molar-refractivity contribution in [3.63, 3.8) is 0 Å². The molecule has 0 bridgehead atoms. The summed E-state index contributed by atoms with van der Waals surface area (Å²) in [7, 11) is 0. The molecule has 0 amide bonds. The average molecular weight is 250 g/mol. The molecule has 0 atom stereocenters. The summed E-state index contributed by atoms with van der Waals surface area (Å²) < 4.78 is 24.2. The Labute approximate surface area is 102 Å². The maximum atomic E-state index is 13.3. The van der Waals surface area contributed by atoms with Crippen LogP contribution in [0, 0.1) is 11.7 Å². The third kappa shape index (κ3) is 1.81. The monoisotopic (exact) mass is 250 g/mol. The quantitative estimate of drug-likeness (QED) is 0.909. The van der Waals surface area contributed by atoms with Crippen molar-refractivity contribution in [2.45, 2.75) is 18.9 Å². The van der Waals surface area contributed by atoms with E-state index in [-0.39, 0.29) is 12.0 Å². The summed E-state index contributed by atoms with van der Waals surface area (Å²) in [6.07, 6.45) is 2.20. The van der Waals surface area contributed by atoms with Crippen LogP contribution in [0.1, 0.15) is 12.8 Å². The number of hydrogen-bond acceptors (Lipinski definition) is 3.